The maximum atomic E-state index is 13.8. The van der Waals surface area contributed by atoms with Gasteiger partial charge in [-0.25, -0.2) is 0 Å². The largest absolute Gasteiger partial charge is 0.480 e. The molecular formula is C30H41NO9. The van der Waals surface area contributed by atoms with Crippen LogP contribution in [0, 0.1) is 28.6 Å². The van der Waals surface area contributed by atoms with Crippen molar-refractivity contribution >= 4 is 35.4 Å². The van der Waals surface area contributed by atoms with E-state index in [1.807, 2.05) is 13.0 Å². The first-order chi connectivity index (χ1) is 18.7. The van der Waals surface area contributed by atoms with E-state index in [0.29, 0.717) is 31.1 Å². The number of ether oxygens (including phenoxy) is 2. The molecule has 0 aromatic heterocycles. The zero-order valence-electron chi connectivity index (χ0n) is 23.9. The van der Waals surface area contributed by atoms with Gasteiger partial charge in [0.25, 0.3) is 0 Å². The van der Waals surface area contributed by atoms with Crippen LogP contribution >= 0.6 is 0 Å². The molecule has 1 amide bonds. The third-order valence-corrected chi connectivity index (χ3v) is 10.5. The summed E-state index contributed by atoms with van der Waals surface area (Å²) in [6.45, 7) is 6.36. The molecule has 0 bridgehead atoms. The number of rotatable bonds is 9. The van der Waals surface area contributed by atoms with Gasteiger partial charge in [0.15, 0.2) is 18.0 Å². The molecule has 0 aliphatic heterocycles. The quantitative estimate of drug-likeness (QED) is 0.405. The summed E-state index contributed by atoms with van der Waals surface area (Å²) in [4.78, 5) is 73.3. The van der Waals surface area contributed by atoms with Crippen LogP contribution in [0.25, 0.3) is 0 Å². The number of hydrogen-bond donors (Lipinski definition) is 2. The normalized spacial score (nSPS) is 35.2. The SMILES string of the molecule is CC(=O)O[C@]1(C(=O)COC(=O)CCC(=O)NC(C)C(=O)O)CC[C@H]2[C@@H]3CCC4=CC(=O)CC[C@]4(C)[C@H]3CC[C@@]21C. The average Bonchev–Trinajstić information content (AvgIpc) is 3.18. The highest BCUT2D eigenvalue weighted by Gasteiger charge is 2.68. The zero-order chi connectivity index (χ0) is 29.5. The lowest BCUT2D eigenvalue weighted by Crippen LogP contribution is -2.59. The molecule has 0 aromatic carbocycles. The van der Waals surface area contributed by atoms with Crippen molar-refractivity contribution in [3.63, 3.8) is 0 Å². The third-order valence-electron chi connectivity index (χ3n) is 10.5. The van der Waals surface area contributed by atoms with E-state index in [2.05, 4.69) is 12.2 Å². The molecule has 0 heterocycles. The van der Waals surface area contributed by atoms with Gasteiger partial charge in [0, 0.05) is 25.2 Å². The summed E-state index contributed by atoms with van der Waals surface area (Å²) in [6, 6.07) is -1.09. The van der Waals surface area contributed by atoms with Crippen molar-refractivity contribution in [1.29, 1.82) is 0 Å². The summed E-state index contributed by atoms with van der Waals surface area (Å²) >= 11 is 0. The second-order valence-corrected chi connectivity index (χ2v) is 12.6. The number of carboxylic acid groups (broad SMARTS) is 1. The summed E-state index contributed by atoms with van der Waals surface area (Å²) in [5, 5.41) is 11.2. The number of fused-ring (bicyclic) bond motifs is 5. The van der Waals surface area contributed by atoms with Crippen molar-refractivity contribution in [3.8, 4) is 0 Å². The van der Waals surface area contributed by atoms with Crippen molar-refractivity contribution in [2.45, 2.75) is 104 Å². The van der Waals surface area contributed by atoms with E-state index in [9.17, 15) is 28.8 Å². The molecule has 7 atom stereocenters. The van der Waals surface area contributed by atoms with E-state index < -0.39 is 53.3 Å². The first-order valence-electron chi connectivity index (χ1n) is 14.4. The van der Waals surface area contributed by atoms with Crippen LogP contribution in [-0.2, 0) is 38.2 Å². The van der Waals surface area contributed by atoms with E-state index in [-0.39, 0.29) is 30.0 Å². The number of carboxylic acids is 1. The number of Topliss-reactive ketones (excluding diaryl/α,β-unsaturated/α-hetero) is 1. The Balaban J connectivity index is 1.46. The van der Waals surface area contributed by atoms with Crippen LogP contribution < -0.4 is 5.32 Å². The van der Waals surface area contributed by atoms with E-state index in [1.54, 1.807) is 0 Å². The molecule has 4 aliphatic rings. The average molecular weight is 560 g/mol. The zero-order valence-corrected chi connectivity index (χ0v) is 23.9. The summed E-state index contributed by atoms with van der Waals surface area (Å²) < 4.78 is 11.1. The minimum Gasteiger partial charge on any atom is -0.480 e. The molecule has 10 heteroatoms. The molecule has 0 spiro atoms. The number of aliphatic carboxylic acids is 1. The summed E-state index contributed by atoms with van der Waals surface area (Å²) in [5.41, 5.74) is -0.785. The molecule has 3 fully saturated rings. The number of hydrogen-bond acceptors (Lipinski definition) is 8. The molecule has 10 nitrogen and oxygen atoms in total. The fourth-order valence-electron chi connectivity index (χ4n) is 8.41. The molecule has 3 saturated carbocycles. The van der Waals surface area contributed by atoms with Crippen LogP contribution in [0.4, 0.5) is 0 Å². The first-order valence-corrected chi connectivity index (χ1v) is 14.4. The topological polar surface area (TPSA) is 153 Å². The minimum atomic E-state index is -1.40. The maximum absolute atomic E-state index is 13.8. The Kier molecular flexibility index (Phi) is 8.30. The van der Waals surface area contributed by atoms with Crippen LogP contribution in [0.15, 0.2) is 11.6 Å². The minimum absolute atomic E-state index is 0.0288. The van der Waals surface area contributed by atoms with E-state index in [4.69, 9.17) is 14.6 Å². The van der Waals surface area contributed by atoms with Gasteiger partial charge in [0.2, 0.25) is 11.7 Å². The molecule has 0 aromatic rings. The van der Waals surface area contributed by atoms with Gasteiger partial charge in [-0.2, -0.15) is 0 Å². The van der Waals surface area contributed by atoms with Crippen LogP contribution in [-0.4, -0.2) is 58.7 Å². The second kappa shape index (κ2) is 11.1. The van der Waals surface area contributed by atoms with E-state index in [0.717, 1.165) is 32.1 Å². The van der Waals surface area contributed by atoms with Crippen molar-refractivity contribution in [1.82, 2.24) is 5.32 Å². The molecule has 220 valence electrons. The van der Waals surface area contributed by atoms with Crippen molar-refractivity contribution < 1.29 is 43.3 Å². The number of carbonyl (C=O) groups is 6. The first kappa shape index (κ1) is 29.9. The lowest BCUT2D eigenvalue weighted by molar-refractivity contribution is -0.191. The summed E-state index contributed by atoms with van der Waals surface area (Å²) in [6.07, 6.45) is 7.11. The Hall–Kier alpha value is -3.04. The van der Waals surface area contributed by atoms with Gasteiger partial charge in [0.1, 0.15) is 6.04 Å². The molecule has 40 heavy (non-hydrogen) atoms. The van der Waals surface area contributed by atoms with Gasteiger partial charge < -0.3 is 19.9 Å². The molecular weight excluding hydrogens is 518 g/mol. The smallest absolute Gasteiger partial charge is 0.325 e. The molecule has 0 saturated heterocycles. The Bertz CT molecular complexity index is 1140. The third kappa shape index (κ3) is 5.21. The fraction of sp³-hybridized carbons (Fsp3) is 0.733. The highest BCUT2D eigenvalue weighted by molar-refractivity contribution is 5.94. The highest BCUT2D eigenvalue weighted by atomic mass is 16.6. The van der Waals surface area contributed by atoms with Crippen molar-refractivity contribution in [2.24, 2.45) is 28.6 Å². The molecule has 4 rings (SSSR count). The predicted octanol–water partition coefficient (Wildman–Crippen LogP) is 3.30. The monoisotopic (exact) mass is 559 g/mol. The van der Waals surface area contributed by atoms with Gasteiger partial charge in [-0.1, -0.05) is 19.4 Å². The number of ketones is 2. The fourth-order valence-corrected chi connectivity index (χ4v) is 8.41. The van der Waals surface area contributed by atoms with E-state index in [1.165, 1.54) is 19.4 Å². The van der Waals surface area contributed by atoms with Crippen LogP contribution in [0.2, 0.25) is 0 Å². The van der Waals surface area contributed by atoms with Gasteiger partial charge in [-0.3, -0.25) is 28.8 Å². The molecule has 1 unspecified atom stereocenters. The number of allylic oxidation sites excluding steroid dienone is 1. The lowest BCUT2D eigenvalue weighted by Gasteiger charge is -2.59. The Morgan fingerprint density at radius 2 is 1.73 bits per heavy atom. The summed E-state index contributed by atoms with van der Waals surface area (Å²) in [5.74, 6) is -2.48. The molecule has 0 radical (unpaired) electrons. The van der Waals surface area contributed by atoms with Crippen LogP contribution in [0.1, 0.15) is 91.9 Å². The van der Waals surface area contributed by atoms with E-state index >= 15 is 0 Å². The van der Waals surface area contributed by atoms with Crippen LogP contribution in [0.5, 0.6) is 0 Å². The van der Waals surface area contributed by atoms with Gasteiger partial charge in [0.05, 0.1) is 6.42 Å². The molecule has 2 N–H and O–H groups in total. The number of carbonyl (C=O) groups excluding carboxylic acids is 5. The second-order valence-electron chi connectivity index (χ2n) is 12.6. The number of amides is 1. The van der Waals surface area contributed by atoms with Gasteiger partial charge in [-0.05, 0) is 81.1 Å². The van der Waals surface area contributed by atoms with Crippen molar-refractivity contribution in [2.75, 3.05) is 6.61 Å². The Morgan fingerprint density at radius 3 is 2.40 bits per heavy atom. The summed E-state index contributed by atoms with van der Waals surface area (Å²) in [7, 11) is 0. The Labute approximate surface area is 234 Å². The molecule has 4 aliphatic carbocycles. The lowest BCUT2D eigenvalue weighted by atomic mass is 9.46. The standard InChI is InChI=1S/C30H41NO9/c1-17(27(37)38)31-25(35)7-8-26(36)39-16-24(34)30(40-18(2)32)14-11-23-21-6-5-19-15-20(33)9-12-28(19,3)22(21)10-13-29(23,30)4/h15,17,21-23H,5-14,16H2,1-4H3,(H,31,35)(H,37,38)/t17?,21-,22+,23+,28+,29+,30+/m1/s1. The van der Waals surface area contributed by atoms with Gasteiger partial charge >= 0.3 is 17.9 Å². The Morgan fingerprint density at radius 1 is 1.02 bits per heavy atom. The van der Waals surface area contributed by atoms with Gasteiger partial charge in [-0.15, -0.1) is 0 Å². The highest BCUT2D eigenvalue weighted by Crippen LogP contribution is 2.68. The van der Waals surface area contributed by atoms with Crippen LogP contribution in [0.3, 0.4) is 0 Å². The maximum Gasteiger partial charge on any atom is 0.325 e. The van der Waals surface area contributed by atoms with Crippen molar-refractivity contribution in [3.05, 3.63) is 11.6 Å². The number of nitrogens with one attached hydrogen (secondary N) is 1. The predicted molar refractivity (Wildman–Crippen MR) is 142 cm³/mol. The number of esters is 2.